The maximum absolute atomic E-state index is 5.56. The van der Waals surface area contributed by atoms with E-state index >= 15 is 0 Å². The highest BCUT2D eigenvalue weighted by atomic mass is 16.5. The van der Waals surface area contributed by atoms with Gasteiger partial charge in [-0.1, -0.05) is 6.92 Å². The van der Waals surface area contributed by atoms with Crippen molar-refractivity contribution in [2.75, 3.05) is 6.54 Å². The second-order valence-corrected chi connectivity index (χ2v) is 3.64. The average Bonchev–Trinajstić information content (AvgIpc) is 2.93. The zero-order valence-corrected chi connectivity index (χ0v) is 10.0. The molecule has 0 aromatic carbocycles. The number of nitrogens with one attached hydrogen (secondary N) is 1. The van der Waals surface area contributed by atoms with E-state index in [9.17, 15) is 0 Å². The van der Waals surface area contributed by atoms with E-state index < -0.39 is 0 Å². The van der Waals surface area contributed by atoms with Crippen molar-refractivity contribution in [3.63, 3.8) is 0 Å². The summed E-state index contributed by atoms with van der Waals surface area (Å²) in [4.78, 5) is 3.96. The van der Waals surface area contributed by atoms with Crippen molar-refractivity contribution in [2.24, 2.45) is 7.05 Å². The largest absolute Gasteiger partial charge is 0.461 e. The van der Waals surface area contributed by atoms with E-state index in [4.69, 9.17) is 9.15 Å². The summed E-state index contributed by atoms with van der Waals surface area (Å²) >= 11 is 0. The smallest absolute Gasteiger partial charge is 0.335 e. The third-order valence-corrected chi connectivity index (χ3v) is 2.19. The number of rotatable bonds is 6. The van der Waals surface area contributed by atoms with Crippen molar-refractivity contribution in [3.8, 4) is 6.01 Å². The van der Waals surface area contributed by atoms with Gasteiger partial charge in [-0.15, -0.1) is 5.10 Å². The van der Waals surface area contributed by atoms with Crippen LogP contribution in [0.1, 0.15) is 18.4 Å². The molecule has 0 aliphatic carbocycles. The van der Waals surface area contributed by atoms with E-state index in [0.29, 0.717) is 12.6 Å². The number of furan rings is 1. The summed E-state index contributed by atoms with van der Waals surface area (Å²) in [7, 11) is 1.79. The van der Waals surface area contributed by atoms with Crippen molar-refractivity contribution in [2.45, 2.75) is 20.1 Å². The quantitative estimate of drug-likeness (QED) is 0.813. The molecule has 0 atom stereocenters. The molecular weight excluding hydrogens is 220 g/mol. The van der Waals surface area contributed by atoms with Gasteiger partial charge in [-0.25, -0.2) is 0 Å². The van der Waals surface area contributed by atoms with Gasteiger partial charge in [0.1, 0.15) is 24.5 Å². The highest BCUT2D eigenvalue weighted by Crippen LogP contribution is 2.10. The Balaban J connectivity index is 1.84. The SMILES string of the molecule is CCNCc1ccc(COc2ncn(C)n2)o1. The van der Waals surface area contributed by atoms with E-state index in [2.05, 4.69) is 22.3 Å². The maximum atomic E-state index is 5.56. The van der Waals surface area contributed by atoms with Crippen molar-refractivity contribution in [1.29, 1.82) is 0 Å². The summed E-state index contributed by atoms with van der Waals surface area (Å²) in [5.74, 6) is 1.67. The van der Waals surface area contributed by atoms with Gasteiger partial charge in [0.25, 0.3) is 0 Å². The van der Waals surface area contributed by atoms with Crippen molar-refractivity contribution in [3.05, 3.63) is 30.0 Å². The van der Waals surface area contributed by atoms with Crippen LogP contribution in [0.2, 0.25) is 0 Å². The number of nitrogens with zero attached hydrogens (tertiary/aromatic N) is 3. The van der Waals surface area contributed by atoms with Crippen molar-refractivity contribution >= 4 is 0 Å². The van der Waals surface area contributed by atoms with Crippen LogP contribution in [0.25, 0.3) is 0 Å². The molecule has 0 saturated heterocycles. The Morgan fingerprint density at radius 1 is 1.41 bits per heavy atom. The third kappa shape index (κ3) is 3.32. The molecule has 6 nitrogen and oxygen atoms in total. The Bertz CT molecular complexity index is 463. The highest BCUT2D eigenvalue weighted by Gasteiger charge is 2.04. The first-order valence-corrected chi connectivity index (χ1v) is 5.54. The average molecular weight is 236 g/mol. The zero-order valence-electron chi connectivity index (χ0n) is 10.0. The molecule has 1 N–H and O–H groups in total. The van der Waals surface area contributed by atoms with Crippen molar-refractivity contribution in [1.82, 2.24) is 20.1 Å². The predicted octanol–water partition coefficient (Wildman–Crippen LogP) is 1.10. The molecule has 0 fully saturated rings. The summed E-state index contributed by atoms with van der Waals surface area (Å²) < 4.78 is 12.5. The zero-order chi connectivity index (χ0) is 12.1. The summed E-state index contributed by atoms with van der Waals surface area (Å²) in [6, 6.07) is 4.19. The van der Waals surface area contributed by atoms with Gasteiger partial charge in [-0.2, -0.15) is 4.98 Å². The summed E-state index contributed by atoms with van der Waals surface area (Å²) in [6.45, 7) is 4.05. The topological polar surface area (TPSA) is 65.1 Å². The van der Waals surface area contributed by atoms with E-state index in [-0.39, 0.29) is 0 Å². The second-order valence-electron chi connectivity index (χ2n) is 3.64. The minimum atomic E-state index is 0.343. The molecule has 0 saturated carbocycles. The fourth-order valence-electron chi connectivity index (χ4n) is 1.36. The highest BCUT2D eigenvalue weighted by molar-refractivity contribution is 5.06. The Hall–Kier alpha value is -1.82. The lowest BCUT2D eigenvalue weighted by Gasteiger charge is -1.99. The number of aryl methyl sites for hydroxylation is 1. The van der Waals surface area contributed by atoms with Crippen LogP contribution in [0.4, 0.5) is 0 Å². The lowest BCUT2D eigenvalue weighted by atomic mass is 10.4. The Morgan fingerprint density at radius 2 is 2.24 bits per heavy atom. The first kappa shape index (κ1) is 11.7. The molecule has 2 aromatic heterocycles. The molecule has 2 heterocycles. The van der Waals surface area contributed by atoms with Crippen molar-refractivity contribution < 1.29 is 9.15 Å². The van der Waals surface area contributed by atoms with Gasteiger partial charge in [0.05, 0.1) is 6.54 Å². The Morgan fingerprint density at radius 3 is 2.94 bits per heavy atom. The monoisotopic (exact) mass is 236 g/mol. The fraction of sp³-hybridized carbons (Fsp3) is 0.455. The lowest BCUT2D eigenvalue weighted by molar-refractivity contribution is 0.245. The molecule has 0 radical (unpaired) electrons. The van der Waals surface area contributed by atoms with Gasteiger partial charge in [0.2, 0.25) is 0 Å². The molecule has 2 rings (SSSR count). The number of ether oxygens (including phenoxy) is 1. The summed E-state index contributed by atoms with van der Waals surface area (Å²) in [5.41, 5.74) is 0. The minimum absolute atomic E-state index is 0.343. The first-order chi connectivity index (χ1) is 8.28. The van der Waals surface area contributed by atoms with E-state index in [1.807, 2.05) is 12.1 Å². The van der Waals surface area contributed by atoms with Crippen LogP contribution in [0.5, 0.6) is 6.01 Å². The van der Waals surface area contributed by atoms with Crippen LogP contribution in [0.15, 0.2) is 22.9 Å². The molecule has 0 unspecified atom stereocenters. The molecule has 0 bridgehead atoms. The molecule has 0 aliphatic heterocycles. The van der Waals surface area contributed by atoms with Crippen LogP contribution < -0.4 is 10.1 Å². The van der Waals surface area contributed by atoms with Crippen LogP contribution >= 0.6 is 0 Å². The molecular formula is C11H16N4O2. The van der Waals surface area contributed by atoms with E-state index in [0.717, 1.165) is 24.6 Å². The first-order valence-electron chi connectivity index (χ1n) is 5.54. The lowest BCUT2D eigenvalue weighted by Crippen LogP contribution is -2.10. The number of aromatic nitrogens is 3. The Kier molecular flexibility index (Phi) is 3.77. The van der Waals surface area contributed by atoms with Gasteiger partial charge in [0, 0.05) is 7.05 Å². The predicted molar refractivity (Wildman–Crippen MR) is 61.4 cm³/mol. The van der Waals surface area contributed by atoms with Crippen LogP contribution in [-0.2, 0) is 20.2 Å². The van der Waals surface area contributed by atoms with Gasteiger partial charge in [-0.05, 0) is 18.7 Å². The van der Waals surface area contributed by atoms with E-state index in [1.54, 1.807) is 18.1 Å². The van der Waals surface area contributed by atoms with Gasteiger partial charge >= 0.3 is 6.01 Å². The molecule has 2 aromatic rings. The third-order valence-electron chi connectivity index (χ3n) is 2.19. The van der Waals surface area contributed by atoms with Gasteiger partial charge in [0.15, 0.2) is 0 Å². The fourth-order valence-corrected chi connectivity index (χ4v) is 1.36. The van der Waals surface area contributed by atoms with Crippen LogP contribution in [-0.4, -0.2) is 21.3 Å². The standard InChI is InChI=1S/C11H16N4O2/c1-3-12-6-9-4-5-10(17-9)7-16-11-13-8-15(2)14-11/h4-5,8,12H,3,6-7H2,1-2H3. The Labute approximate surface area is 99.6 Å². The summed E-state index contributed by atoms with van der Waals surface area (Å²) in [6.07, 6.45) is 1.59. The van der Waals surface area contributed by atoms with Gasteiger partial charge in [-0.3, -0.25) is 4.68 Å². The molecule has 17 heavy (non-hydrogen) atoms. The van der Waals surface area contributed by atoms with Crippen LogP contribution in [0.3, 0.4) is 0 Å². The summed E-state index contributed by atoms with van der Waals surface area (Å²) in [5, 5.41) is 7.20. The molecule has 92 valence electrons. The number of hydrogen-bond donors (Lipinski definition) is 1. The van der Waals surface area contributed by atoms with Gasteiger partial charge < -0.3 is 14.5 Å². The minimum Gasteiger partial charge on any atom is -0.461 e. The van der Waals surface area contributed by atoms with Crippen LogP contribution in [0, 0.1) is 0 Å². The molecule has 0 aliphatic rings. The molecule has 0 spiro atoms. The van der Waals surface area contributed by atoms with E-state index in [1.165, 1.54) is 0 Å². The normalized spacial score (nSPS) is 10.7. The number of hydrogen-bond acceptors (Lipinski definition) is 5. The molecule has 6 heteroatoms. The maximum Gasteiger partial charge on any atom is 0.335 e. The second kappa shape index (κ2) is 5.49. The molecule has 0 amide bonds.